The molecule has 3 rings (SSSR count). The van der Waals surface area contributed by atoms with E-state index in [4.69, 9.17) is 4.52 Å². The molecule has 1 aliphatic heterocycles. The van der Waals surface area contributed by atoms with Crippen LogP contribution < -0.4 is 5.32 Å². The lowest BCUT2D eigenvalue weighted by atomic mass is 9.99. The first kappa shape index (κ1) is 14.1. The van der Waals surface area contributed by atoms with Crippen molar-refractivity contribution in [2.75, 3.05) is 13.1 Å². The van der Waals surface area contributed by atoms with Crippen LogP contribution in [0.2, 0.25) is 0 Å². The minimum Gasteiger partial charge on any atom is -0.334 e. The van der Waals surface area contributed by atoms with E-state index in [0.717, 1.165) is 38.1 Å². The molecule has 1 unspecified atom stereocenters. The average Bonchev–Trinajstić information content (AvgIpc) is 2.97. The highest BCUT2D eigenvalue weighted by molar-refractivity contribution is 5.53. The molecule has 1 atom stereocenters. The molecule has 4 nitrogen and oxygen atoms in total. The Morgan fingerprint density at radius 2 is 1.95 bits per heavy atom. The van der Waals surface area contributed by atoms with Gasteiger partial charge in [-0.3, -0.25) is 0 Å². The summed E-state index contributed by atoms with van der Waals surface area (Å²) in [4.78, 5) is 4.30. The van der Waals surface area contributed by atoms with Gasteiger partial charge in [0.1, 0.15) is 0 Å². The van der Waals surface area contributed by atoms with Crippen LogP contribution in [0.15, 0.2) is 28.8 Å². The highest BCUT2D eigenvalue weighted by Gasteiger charge is 2.30. The molecule has 21 heavy (non-hydrogen) atoms. The highest BCUT2D eigenvalue weighted by atomic mass is 19.4. The molecule has 0 saturated carbocycles. The summed E-state index contributed by atoms with van der Waals surface area (Å²) in [5.41, 5.74) is -0.201. The fourth-order valence-electron chi connectivity index (χ4n) is 2.39. The number of hydrogen-bond acceptors (Lipinski definition) is 4. The maximum Gasteiger partial charge on any atom is 0.416 e. The molecule has 0 bridgehead atoms. The largest absolute Gasteiger partial charge is 0.416 e. The van der Waals surface area contributed by atoms with E-state index in [9.17, 15) is 13.2 Å². The molecule has 0 radical (unpaired) electrons. The molecule has 112 valence electrons. The zero-order valence-corrected chi connectivity index (χ0v) is 11.2. The van der Waals surface area contributed by atoms with Crippen molar-refractivity contribution in [3.63, 3.8) is 0 Å². The monoisotopic (exact) mass is 297 g/mol. The number of nitrogens with zero attached hydrogens (tertiary/aromatic N) is 2. The van der Waals surface area contributed by atoms with Crippen LogP contribution in [0.3, 0.4) is 0 Å². The Morgan fingerprint density at radius 3 is 2.57 bits per heavy atom. The number of nitrogens with one attached hydrogen (secondary N) is 1. The molecular formula is C14H14F3N3O. The quantitative estimate of drug-likeness (QED) is 0.924. The van der Waals surface area contributed by atoms with Crippen LogP contribution in [0, 0.1) is 0 Å². The van der Waals surface area contributed by atoms with Crippen molar-refractivity contribution in [2.24, 2.45) is 0 Å². The van der Waals surface area contributed by atoms with Gasteiger partial charge < -0.3 is 9.84 Å². The maximum absolute atomic E-state index is 12.5. The second kappa shape index (κ2) is 5.48. The zero-order chi connectivity index (χ0) is 14.9. The van der Waals surface area contributed by atoms with Crippen molar-refractivity contribution >= 4 is 0 Å². The normalized spacial score (nSPS) is 19.7. The standard InChI is InChI=1S/C14H14F3N3O/c15-14(16,17)11-5-3-9(4-6-11)13-19-12(20-21-13)10-2-1-7-18-8-10/h3-6,10,18H,1-2,7-8H2. The van der Waals surface area contributed by atoms with Gasteiger partial charge in [0.25, 0.3) is 5.89 Å². The Balaban J connectivity index is 1.79. The van der Waals surface area contributed by atoms with Gasteiger partial charge >= 0.3 is 6.18 Å². The maximum atomic E-state index is 12.5. The average molecular weight is 297 g/mol. The molecule has 1 saturated heterocycles. The fourth-order valence-corrected chi connectivity index (χ4v) is 2.39. The van der Waals surface area contributed by atoms with E-state index in [-0.39, 0.29) is 11.8 Å². The summed E-state index contributed by atoms with van der Waals surface area (Å²) >= 11 is 0. The fraction of sp³-hybridized carbons (Fsp3) is 0.429. The van der Waals surface area contributed by atoms with Gasteiger partial charge in [-0.15, -0.1) is 0 Å². The van der Waals surface area contributed by atoms with E-state index < -0.39 is 11.7 Å². The summed E-state index contributed by atoms with van der Waals surface area (Å²) in [6.07, 6.45) is -2.31. The van der Waals surface area contributed by atoms with Crippen molar-refractivity contribution in [3.05, 3.63) is 35.7 Å². The number of rotatable bonds is 2. The van der Waals surface area contributed by atoms with Crippen LogP contribution in [0.4, 0.5) is 13.2 Å². The summed E-state index contributed by atoms with van der Waals surface area (Å²) in [6.45, 7) is 1.78. The summed E-state index contributed by atoms with van der Waals surface area (Å²) in [6, 6.07) is 4.72. The molecular weight excluding hydrogens is 283 g/mol. The van der Waals surface area contributed by atoms with Crippen molar-refractivity contribution in [2.45, 2.75) is 24.9 Å². The van der Waals surface area contributed by atoms with Gasteiger partial charge in [-0.05, 0) is 43.7 Å². The Labute approximate surface area is 119 Å². The lowest BCUT2D eigenvalue weighted by molar-refractivity contribution is -0.137. The van der Waals surface area contributed by atoms with Gasteiger partial charge in [0.15, 0.2) is 5.82 Å². The predicted octanol–water partition coefficient (Wildman–Crippen LogP) is 3.22. The third-order valence-corrected chi connectivity index (χ3v) is 3.56. The van der Waals surface area contributed by atoms with Gasteiger partial charge in [0.2, 0.25) is 0 Å². The summed E-state index contributed by atoms with van der Waals surface area (Å²) < 4.78 is 42.7. The SMILES string of the molecule is FC(F)(F)c1ccc(-c2nc(C3CCCNC3)no2)cc1. The molecule has 1 aromatic carbocycles. The molecule has 1 fully saturated rings. The van der Waals surface area contributed by atoms with E-state index in [1.165, 1.54) is 12.1 Å². The van der Waals surface area contributed by atoms with Crippen LogP contribution in [-0.4, -0.2) is 23.2 Å². The Morgan fingerprint density at radius 1 is 1.19 bits per heavy atom. The number of hydrogen-bond donors (Lipinski definition) is 1. The van der Waals surface area contributed by atoms with Gasteiger partial charge in [-0.1, -0.05) is 5.16 Å². The van der Waals surface area contributed by atoms with Crippen LogP contribution in [0.5, 0.6) is 0 Å². The van der Waals surface area contributed by atoms with Crippen molar-refractivity contribution in [1.29, 1.82) is 0 Å². The molecule has 1 aliphatic rings. The van der Waals surface area contributed by atoms with E-state index in [0.29, 0.717) is 11.4 Å². The Kier molecular flexibility index (Phi) is 3.67. The van der Waals surface area contributed by atoms with E-state index in [2.05, 4.69) is 15.5 Å². The van der Waals surface area contributed by atoms with Gasteiger partial charge in [-0.2, -0.15) is 18.2 Å². The third kappa shape index (κ3) is 3.07. The minimum atomic E-state index is -4.34. The number of benzene rings is 1. The molecule has 0 amide bonds. The molecule has 7 heteroatoms. The Bertz CT molecular complexity index is 601. The Hall–Kier alpha value is -1.89. The van der Waals surface area contributed by atoms with Crippen LogP contribution in [-0.2, 0) is 6.18 Å². The van der Waals surface area contributed by atoms with Crippen LogP contribution >= 0.6 is 0 Å². The summed E-state index contributed by atoms with van der Waals surface area (Å²) in [5, 5.41) is 7.20. The minimum absolute atomic E-state index is 0.200. The lowest BCUT2D eigenvalue weighted by Gasteiger charge is -2.19. The van der Waals surface area contributed by atoms with E-state index in [1.807, 2.05) is 0 Å². The third-order valence-electron chi connectivity index (χ3n) is 3.56. The lowest BCUT2D eigenvalue weighted by Crippen LogP contribution is -2.28. The first-order valence-electron chi connectivity index (χ1n) is 6.76. The van der Waals surface area contributed by atoms with Gasteiger partial charge in [0.05, 0.1) is 5.56 Å². The summed E-state index contributed by atoms with van der Waals surface area (Å²) in [7, 11) is 0. The number of alkyl halides is 3. The number of piperidine rings is 1. The second-order valence-electron chi connectivity index (χ2n) is 5.08. The highest BCUT2D eigenvalue weighted by Crippen LogP contribution is 2.31. The zero-order valence-electron chi connectivity index (χ0n) is 11.2. The van der Waals surface area contributed by atoms with Gasteiger partial charge in [0, 0.05) is 18.0 Å². The van der Waals surface area contributed by atoms with Crippen molar-refractivity contribution in [3.8, 4) is 11.5 Å². The van der Waals surface area contributed by atoms with Crippen LogP contribution in [0.25, 0.3) is 11.5 Å². The van der Waals surface area contributed by atoms with E-state index in [1.54, 1.807) is 0 Å². The molecule has 2 aromatic rings. The van der Waals surface area contributed by atoms with Crippen molar-refractivity contribution < 1.29 is 17.7 Å². The molecule has 0 spiro atoms. The summed E-state index contributed by atoms with van der Waals surface area (Å²) in [5.74, 6) is 1.06. The molecule has 1 aromatic heterocycles. The predicted molar refractivity (Wildman–Crippen MR) is 69.6 cm³/mol. The number of aromatic nitrogens is 2. The molecule has 1 N–H and O–H groups in total. The first-order chi connectivity index (χ1) is 10.0. The van der Waals surface area contributed by atoms with E-state index >= 15 is 0 Å². The van der Waals surface area contributed by atoms with Crippen LogP contribution in [0.1, 0.15) is 30.1 Å². The molecule has 0 aliphatic carbocycles. The molecule has 2 heterocycles. The van der Waals surface area contributed by atoms with Gasteiger partial charge in [-0.25, -0.2) is 0 Å². The van der Waals surface area contributed by atoms with Crippen molar-refractivity contribution in [1.82, 2.24) is 15.5 Å². The first-order valence-corrected chi connectivity index (χ1v) is 6.76. The smallest absolute Gasteiger partial charge is 0.334 e. The second-order valence-corrected chi connectivity index (χ2v) is 5.08. The number of halogens is 3. The topological polar surface area (TPSA) is 51.0 Å².